The number of methoxy groups -OCH3 is 1. The van der Waals surface area contributed by atoms with E-state index < -0.39 is 0 Å². The highest BCUT2D eigenvalue weighted by atomic mass is 16.5. The van der Waals surface area contributed by atoms with E-state index in [1.54, 1.807) is 7.11 Å². The molecule has 0 saturated heterocycles. The minimum Gasteiger partial charge on any atom is -0.497 e. The topological polar surface area (TPSA) is 53.1 Å². The van der Waals surface area contributed by atoms with Crippen molar-refractivity contribution in [2.75, 3.05) is 7.11 Å². The van der Waals surface area contributed by atoms with Crippen molar-refractivity contribution in [3.63, 3.8) is 0 Å². The second-order valence-electron chi connectivity index (χ2n) is 3.66. The predicted molar refractivity (Wildman–Crippen MR) is 62.7 cm³/mol. The first-order chi connectivity index (χ1) is 7.74. The molecule has 0 unspecified atom stereocenters. The fraction of sp³-hybridized carbons (Fsp3) is 0.250. The third-order valence-electron chi connectivity index (χ3n) is 2.47. The lowest BCUT2D eigenvalue weighted by Gasteiger charge is -2.09. The summed E-state index contributed by atoms with van der Waals surface area (Å²) in [6, 6.07) is 5.81. The Hall–Kier alpha value is -1.81. The number of hydrogen-bond donors (Lipinski definition) is 1. The normalized spacial score (nSPS) is 10.4. The van der Waals surface area contributed by atoms with Crippen molar-refractivity contribution < 1.29 is 4.74 Å². The van der Waals surface area contributed by atoms with Crippen molar-refractivity contribution in [1.29, 1.82) is 0 Å². The van der Waals surface area contributed by atoms with Gasteiger partial charge >= 0.3 is 0 Å². The van der Waals surface area contributed by atoms with Crippen LogP contribution in [0.2, 0.25) is 0 Å². The number of aromatic nitrogens is 2. The van der Waals surface area contributed by atoms with Gasteiger partial charge in [-0.1, -0.05) is 6.07 Å². The number of aryl methyl sites for hydroxylation is 1. The molecule has 0 bridgehead atoms. The zero-order valence-electron chi connectivity index (χ0n) is 9.47. The SMILES string of the molecule is COc1ccc(CN)c(-n2cc(C)cn2)c1. The van der Waals surface area contributed by atoms with Gasteiger partial charge in [0.05, 0.1) is 19.0 Å². The maximum atomic E-state index is 5.70. The number of benzene rings is 1. The second-order valence-corrected chi connectivity index (χ2v) is 3.66. The number of nitrogens with two attached hydrogens (primary N) is 1. The molecular weight excluding hydrogens is 202 g/mol. The van der Waals surface area contributed by atoms with Crippen molar-refractivity contribution in [2.24, 2.45) is 5.73 Å². The molecular formula is C12H15N3O. The first kappa shape index (κ1) is 10.7. The molecule has 2 rings (SSSR count). The van der Waals surface area contributed by atoms with Gasteiger partial charge in [0.2, 0.25) is 0 Å². The molecule has 0 fully saturated rings. The molecule has 84 valence electrons. The van der Waals surface area contributed by atoms with E-state index in [9.17, 15) is 0 Å². The number of rotatable bonds is 3. The van der Waals surface area contributed by atoms with Gasteiger partial charge in [0.1, 0.15) is 5.75 Å². The van der Waals surface area contributed by atoms with Crippen LogP contribution in [0.1, 0.15) is 11.1 Å². The van der Waals surface area contributed by atoms with E-state index in [0.29, 0.717) is 6.54 Å². The molecule has 0 aliphatic rings. The van der Waals surface area contributed by atoms with Crippen LogP contribution in [0.5, 0.6) is 5.75 Å². The van der Waals surface area contributed by atoms with Gasteiger partial charge in [-0.2, -0.15) is 5.10 Å². The standard InChI is InChI=1S/C12H15N3O/c1-9-7-14-15(8-9)12-5-11(16-2)4-3-10(12)6-13/h3-5,7-8H,6,13H2,1-2H3. The fourth-order valence-electron chi connectivity index (χ4n) is 1.60. The van der Waals surface area contributed by atoms with E-state index in [-0.39, 0.29) is 0 Å². The van der Waals surface area contributed by atoms with Gasteiger partial charge in [-0.3, -0.25) is 0 Å². The maximum Gasteiger partial charge on any atom is 0.121 e. The van der Waals surface area contributed by atoms with E-state index in [1.807, 2.05) is 42.2 Å². The van der Waals surface area contributed by atoms with Crippen LogP contribution < -0.4 is 10.5 Å². The molecule has 4 heteroatoms. The average molecular weight is 217 g/mol. The monoisotopic (exact) mass is 217 g/mol. The Morgan fingerprint density at radius 3 is 2.81 bits per heavy atom. The molecule has 2 N–H and O–H groups in total. The molecule has 4 nitrogen and oxygen atoms in total. The maximum absolute atomic E-state index is 5.70. The highest BCUT2D eigenvalue weighted by Gasteiger charge is 2.06. The Bertz CT molecular complexity index is 491. The molecule has 0 aliphatic carbocycles. The smallest absolute Gasteiger partial charge is 0.121 e. The van der Waals surface area contributed by atoms with Crippen LogP contribution in [0, 0.1) is 6.92 Å². The summed E-state index contributed by atoms with van der Waals surface area (Å²) in [4.78, 5) is 0. The third kappa shape index (κ3) is 1.92. The molecule has 0 amide bonds. The van der Waals surface area contributed by atoms with Gasteiger partial charge in [0.25, 0.3) is 0 Å². The largest absolute Gasteiger partial charge is 0.497 e. The summed E-state index contributed by atoms with van der Waals surface area (Å²) >= 11 is 0. The van der Waals surface area contributed by atoms with Crippen LogP contribution in [0.3, 0.4) is 0 Å². The molecule has 0 atom stereocenters. The van der Waals surface area contributed by atoms with Crippen molar-refractivity contribution in [3.8, 4) is 11.4 Å². The highest BCUT2D eigenvalue weighted by Crippen LogP contribution is 2.20. The molecule has 1 aromatic heterocycles. The highest BCUT2D eigenvalue weighted by molar-refractivity contribution is 5.46. The summed E-state index contributed by atoms with van der Waals surface area (Å²) in [6.45, 7) is 2.49. The minimum absolute atomic E-state index is 0.484. The Labute approximate surface area is 94.6 Å². The Balaban J connectivity index is 2.52. The van der Waals surface area contributed by atoms with E-state index in [4.69, 9.17) is 10.5 Å². The fourth-order valence-corrected chi connectivity index (χ4v) is 1.60. The lowest BCUT2D eigenvalue weighted by molar-refractivity contribution is 0.414. The first-order valence-electron chi connectivity index (χ1n) is 5.13. The van der Waals surface area contributed by atoms with Crippen molar-refractivity contribution in [2.45, 2.75) is 13.5 Å². The Kier molecular flexibility index (Phi) is 2.92. The molecule has 2 aromatic rings. The number of hydrogen-bond acceptors (Lipinski definition) is 3. The average Bonchev–Trinajstić information content (AvgIpc) is 2.75. The van der Waals surface area contributed by atoms with Gasteiger partial charge < -0.3 is 10.5 Å². The van der Waals surface area contributed by atoms with Crippen molar-refractivity contribution in [1.82, 2.24) is 9.78 Å². The third-order valence-corrected chi connectivity index (χ3v) is 2.47. The van der Waals surface area contributed by atoms with Gasteiger partial charge in [-0.05, 0) is 24.1 Å². The summed E-state index contributed by atoms with van der Waals surface area (Å²) < 4.78 is 7.02. The van der Waals surface area contributed by atoms with Crippen molar-refractivity contribution in [3.05, 3.63) is 41.7 Å². The number of ether oxygens (including phenoxy) is 1. The number of nitrogens with zero attached hydrogens (tertiary/aromatic N) is 2. The first-order valence-corrected chi connectivity index (χ1v) is 5.13. The van der Waals surface area contributed by atoms with E-state index in [0.717, 1.165) is 22.6 Å². The Morgan fingerprint density at radius 1 is 1.44 bits per heavy atom. The molecule has 0 spiro atoms. The predicted octanol–water partition coefficient (Wildman–Crippen LogP) is 1.65. The van der Waals surface area contributed by atoms with Crippen LogP contribution in [-0.2, 0) is 6.54 Å². The summed E-state index contributed by atoms with van der Waals surface area (Å²) in [5.41, 5.74) is 8.83. The van der Waals surface area contributed by atoms with Gasteiger partial charge in [0.15, 0.2) is 0 Å². The van der Waals surface area contributed by atoms with Gasteiger partial charge in [0, 0.05) is 18.8 Å². The van der Waals surface area contributed by atoms with Crippen LogP contribution >= 0.6 is 0 Å². The van der Waals surface area contributed by atoms with Gasteiger partial charge in [-0.25, -0.2) is 4.68 Å². The quantitative estimate of drug-likeness (QED) is 0.850. The zero-order chi connectivity index (χ0) is 11.5. The molecule has 1 heterocycles. The zero-order valence-corrected chi connectivity index (χ0v) is 9.47. The Morgan fingerprint density at radius 2 is 2.25 bits per heavy atom. The summed E-state index contributed by atoms with van der Waals surface area (Å²) in [7, 11) is 1.65. The van der Waals surface area contributed by atoms with Gasteiger partial charge in [-0.15, -0.1) is 0 Å². The molecule has 0 saturated carbocycles. The summed E-state index contributed by atoms with van der Waals surface area (Å²) in [5, 5.41) is 4.28. The molecule has 1 aromatic carbocycles. The molecule has 0 radical (unpaired) electrons. The van der Waals surface area contributed by atoms with E-state index >= 15 is 0 Å². The molecule has 16 heavy (non-hydrogen) atoms. The molecule has 0 aliphatic heterocycles. The second kappa shape index (κ2) is 4.37. The van der Waals surface area contributed by atoms with Crippen molar-refractivity contribution >= 4 is 0 Å². The van der Waals surface area contributed by atoms with E-state index in [2.05, 4.69) is 5.10 Å². The minimum atomic E-state index is 0.484. The van der Waals surface area contributed by atoms with Crippen LogP contribution in [-0.4, -0.2) is 16.9 Å². The van der Waals surface area contributed by atoms with E-state index in [1.165, 1.54) is 0 Å². The van der Waals surface area contributed by atoms with Crippen LogP contribution in [0.25, 0.3) is 5.69 Å². The van der Waals surface area contributed by atoms with Crippen LogP contribution in [0.15, 0.2) is 30.6 Å². The lowest BCUT2D eigenvalue weighted by Crippen LogP contribution is -2.05. The lowest BCUT2D eigenvalue weighted by atomic mass is 10.1. The van der Waals surface area contributed by atoms with Crippen LogP contribution in [0.4, 0.5) is 0 Å². The summed E-state index contributed by atoms with van der Waals surface area (Å²) in [5.74, 6) is 0.806. The summed E-state index contributed by atoms with van der Waals surface area (Å²) in [6.07, 6.45) is 3.79.